The molecule has 3 fully saturated rings. The van der Waals surface area contributed by atoms with Crippen LogP contribution in [0.1, 0.15) is 123 Å². The highest BCUT2D eigenvalue weighted by Gasteiger charge is 2.44. The van der Waals surface area contributed by atoms with Crippen molar-refractivity contribution in [1.82, 2.24) is 56.6 Å². The number of carboxylic acids is 1. The number of aromatic amines is 1. The van der Waals surface area contributed by atoms with Crippen molar-refractivity contribution >= 4 is 75.9 Å². The quantitative estimate of drug-likeness (QED) is 0.0221. The summed E-state index contributed by atoms with van der Waals surface area (Å²) in [6.07, 6.45) is 7.07. The van der Waals surface area contributed by atoms with E-state index in [9.17, 15) is 58.2 Å². The number of carboxylic acid groups (broad SMARTS) is 1. The van der Waals surface area contributed by atoms with E-state index < -0.39 is 126 Å². The number of unbranched alkanes of at least 4 members (excludes halogenated alkanes) is 1. The van der Waals surface area contributed by atoms with Crippen LogP contribution >= 0.6 is 0 Å². The van der Waals surface area contributed by atoms with Crippen molar-refractivity contribution in [3.8, 4) is 0 Å². The fourth-order valence-corrected chi connectivity index (χ4v) is 11.5. The van der Waals surface area contributed by atoms with Crippen LogP contribution in [-0.4, -0.2) is 193 Å². The SMILES string of the molecule is CCCC[C@H](N)C(=O)N1CCC[C@H]1C(=O)N[C@@H](CC(C)C)C(=O)N[C@@H](Cc1cnc[nH]1)C(=O)N[C@@H](CO)C(=O)N[C@@H](CCCN=C(N)N)C(=O)N[C@H](C(=O)N1CCC[C@H]1C(=O)N[C@@H](Cc1cccc2ccccc12)C(=O)N1CCC[C@H]1C(=O)O)C(C)C. The largest absolute Gasteiger partial charge is 0.480 e. The van der Waals surface area contributed by atoms with Crippen LogP contribution in [0, 0.1) is 11.8 Å². The molecule has 15 N–H and O–H groups in total. The molecule has 476 valence electrons. The van der Waals surface area contributed by atoms with Crippen LogP contribution in [0.25, 0.3) is 10.8 Å². The molecule has 3 aliphatic rings. The van der Waals surface area contributed by atoms with E-state index in [1.165, 1.54) is 27.2 Å². The van der Waals surface area contributed by atoms with Gasteiger partial charge in [-0.2, -0.15) is 0 Å². The van der Waals surface area contributed by atoms with Crippen molar-refractivity contribution < 1.29 is 58.2 Å². The summed E-state index contributed by atoms with van der Waals surface area (Å²) in [5, 5.41) is 38.7. The van der Waals surface area contributed by atoms with E-state index >= 15 is 0 Å². The lowest BCUT2D eigenvalue weighted by molar-refractivity contribution is -0.150. The first-order chi connectivity index (χ1) is 41.5. The lowest BCUT2D eigenvalue weighted by atomic mass is 9.97. The van der Waals surface area contributed by atoms with Crippen molar-refractivity contribution in [2.24, 2.45) is 34.0 Å². The van der Waals surface area contributed by atoms with E-state index in [-0.39, 0.29) is 82.4 Å². The smallest absolute Gasteiger partial charge is 0.326 e. The number of fused-ring (bicyclic) bond motifs is 1. The first-order valence-electron chi connectivity index (χ1n) is 30.3. The van der Waals surface area contributed by atoms with E-state index in [0.29, 0.717) is 44.3 Å². The standard InChI is InChI=1S/C60H89N15O12/c1-6-7-19-40(61)56(83)73-25-12-21-46(73)54(81)69-42(28-34(2)3)51(78)68-43(30-38-31-64-33-66-38)52(79)71-45(32-76)53(80)67-41(20-11-24-65-60(62)63)50(77)72-49(35(4)5)58(85)74-26-13-22-47(74)55(82)70-44(57(84)75-27-14-23-48(75)59(86)87)29-37-17-10-16-36-15-8-9-18-39(36)37/h8-10,15-18,31,33-35,40-49,76H,6-7,11-14,19-30,32,61H2,1-5H3,(H,64,66)(H,67,80)(H,68,78)(H,69,81)(H,70,82)(H,71,79)(H,72,77)(H,86,87)(H4,62,63,65)/t40-,41-,42-,43-,44-,45-,46-,47-,48-,49-/m0/s1. The van der Waals surface area contributed by atoms with Gasteiger partial charge in [-0.15, -0.1) is 0 Å². The Labute approximate surface area is 506 Å². The second-order valence-electron chi connectivity index (χ2n) is 23.6. The van der Waals surface area contributed by atoms with Gasteiger partial charge in [-0.05, 0) is 92.4 Å². The van der Waals surface area contributed by atoms with Gasteiger partial charge in [0.1, 0.15) is 54.4 Å². The number of benzene rings is 2. The van der Waals surface area contributed by atoms with Crippen molar-refractivity contribution in [2.45, 2.75) is 185 Å². The minimum absolute atomic E-state index is 0.0233. The van der Waals surface area contributed by atoms with Crippen LogP contribution < -0.4 is 49.1 Å². The number of amides is 9. The Morgan fingerprint density at radius 2 is 1.22 bits per heavy atom. The molecular weight excluding hydrogens is 1120 g/mol. The summed E-state index contributed by atoms with van der Waals surface area (Å²) in [6, 6.07) is 1.12. The fourth-order valence-electron chi connectivity index (χ4n) is 11.5. The van der Waals surface area contributed by atoms with Crippen LogP contribution in [-0.2, 0) is 60.8 Å². The maximum absolute atomic E-state index is 14.7. The van der Waals surface area contributed by atoms with Crippen molar-refractivity contribution in [3.05, 3.63) is 66.2 Å². The van der Waals surface area contributed by atoms with Gasteiger partial charge in [0.2, 0.25) is 53.2 Å². The molecule has 4 heterocycles. The highest BCUT2D eigenvalue weighted by Crippen LogP contribution is 2.26. The molecule has 3 aromatic rings. The topological polar surface area (TPSA) is 412 Å². The monoisotopic (exact) mass is 1210 g/mol. The number of nitrogens with one attached hydrogen (secondary N) is 7. The fraction of sp³-hybridized carbons (Fsp3) is 0.600. The summed E-state index contributed by atoms with van der Waals surface area (Å²) in [6.45, 7) is 8.71. The summed E-state index contributed by atoms with van der Waals surface area (Å²) >= 11 is 0. The van der Waals surface area contributed by atoms with Gasteiger partial charge in [-0.1, -0.05) is 89.9 Å². The predicted molar refractivity (Wildman–Crippen MR) is 322 cm³/mol. The molecule has 1 aromatic heterocycles. The van der Waals surface area contributed by atoms with Gasteiger partial charge in [0.25, 0.3) is 0 Å². The third-order valence-electron chi connectivity index (χ3n) is 16.2. The average Bonchev–Trinajstić information content (AvgIpc) is 4.56. The summed E-state index contributed by atoms with van der Waals surface area (Å²) < 4.78 is 0. The first-order valence-corrected chi connectivity index (χ1v) is 30.3. The lowest BCUT2D eigenvalue weighted by Gasteiger charge is -2.33. The number of carbonyl (C=O) groups is 10. The van der Waals surface area contributed by atoms with E-state index in [4.69, 9.17) is 17.2 Å². The molecule has 0 aliphatic carbocycles. The van der Waals surface area contributed by atoms with E-state index in [0.717, 1.165) is 29.2 Å². The zero-order valence-corrected chi connectivity index (χ0v) is 50.5. The average molecular weight is 1210 g/mol. The van der Waals surface area contributed by atoms with Gasteiger partial charge in [0.05, 0.1) is 19.0 Å². The number of likely N-dealkylation sites (tertiary alicyclic amines) is 3. The number of hydrogen-bond donors (Lipinski definition) is 12. The Morgan fingerprint density at radius 1 is 0.655 bits per heavy atom. The molecule has 3 saturated heterocycles. The number of aliphatic hydroxyl groups excluding tert-OH is 1. The van der Waals surface area contributed by atoms with Crippen LogP contribution in [0.2, 0.25) is 0 Å². The number of nitrogens with zero attached hydrogens (tertiary/aromatic N) is 5. The van der Waals surface area contributed by atoms with Gasteiger partial charge < -0.3 is 79.0 Å². The Kier molecular flexibility index (Phi) is 25.4. The predicted octanol–water partition coefficient (Wildman–Crippen LogP) is -0.420. The van der Waals surface area contributed by atoms with Crippen LogP contribution in [0.4, 0.5) is 0 Å². The first kappa shape index (κ1) is 67.9. The number of aromatic nitrogens is 2. The van der Waals surface area contributed by atoms with Crippen molar-refractivity contribution in [3.63, 3.8) is 0 Å². The Hall–Kier alpha value is -8.20. The Bertz CT molecular complexity index is 2910. The van der Waals surface area contributed by atoms with E-state index in [1.54, 1.807) is 13.8 Å². The number of aliphatic hydroxyl groups is 1. The number of H-pyrrole nitrogens is 1. The third-order valence-corrected chi connectivity index (χ3v) is 16.2. The maximum atomic E-state index is 14.7. The normalized spacial score (nSPS) is 19.1. The van der Waals surface area contributed by atoms with Gasteiger partial charge in [-0.3, -0.25) is 48.1 Å². The Morgan fingerprint density at radius 3 is 1.82 bits per heavy atom. The number of nitrogens with two attached hydrogens (primary N) is 3. The zero-order chi connectivity index (χ0) is 63.5. The number of aliphatic imine (C=N–C) groups is 1. The van der Waals surface area contributed by atoms with Crippen LogP contribution in [0.15, 0.2) is 60.0 Å². The molecule has 9 amide bonds. The molecule has 0 bridgehead atoms. The van der Waals surface area contributed by atoms with Crippen LogP contribution in [0.3, 0.4) is 0 Å². The van der Waals surface area contributed by atoms with E-state index in [1.807, 2.05) is 63.2 Å². The van der Waals surface area contributed by atoms with Gasteiger partial charge in [-0.25, -0.2) is 9.78 Å². The molecule has 0 spiro atoms. The van der Waals surface area contributed by atoms with E-state index in [2.05, 4.69) is 46.9 Å². The highest BCUT2D eigenvalue weighted by atomic mass is 16.4. The summed E-state index contributed by atoms with van der Waals surface area (Å²) in [5.41, 5.74) is 18.5. The van der Waals surface area contributed by atoms with Gasteiger partial charge in [0, 0.05) is 50.9 Å². The molecule has 10 atom stereocenters. The molecule has 6 rings (SSSR count). The maximum Gasteiger partial charge on any atom is 0.326 e. The number of aliphatic carboxylic acids is 1. The molecule has 3 aliphatic heterocycles. The number of carbonyl (C=O) groups excluding carboxylic acids is 9. The van der Waals surface area contributed by atoms with Crippen molar-refractivity contribution in [2.75, 3.05) is 32.8 Å². The number of hydrogen-bond acceptors (Lipinski definition) is 14. The summed E-state index contributed by atoms with van der Waals surface area (Å²) in [5.74, 6) is -8.36. The molecule has 2 aromatic carbocycles. The highest BCUT2D eigenvalue weighted by molar-refractivity contribution is 5.99. The van der Waals surface area contributed by atoms with Crippen LogP contribution in [0.5, 0.6) is 0 Å². The summed E-state index contributed by atoms with van der Waals surface area (Å²) in [7, 11) is 0. The minimum atomic E-state index is -1.71. The zero-order valence-electron chi connectivity index (χ0n) is 50.5. The molecule has 0 saturated carbocycles. The molecule has 87 heavy (non-hydrogen) atoms. The number of imidazole rings is 1. The number of rotatable bonds is 31. The number of guanidine groups is 1. The molecule has 27 heteroatoms. The second-order valence-corrected chi connectivity index (χ2v) is 23.6. The third kappa shape index (κ3) is 18.7. The summed E-state index contributed by atoms with van der Waals surface area (Å²) in [4.78, 5) is 155. The van der Waals surface area contributed by atoms with Gasteiger partial charge >= 0.3 is 5.97 Å². The Balaban J connectivity index is 1.16. The molecule has 0 unspecified atom stereocenters. The molecular formula is C60H89N15O12. The molecule has 27 nitrogen and oxygen atoms in total. The lowest BCUT2D eigenvalue weighted by Crippen LogP contribution is -2.61. The van der Waals surface area contributed by atoms with Gasteiger partial charge in [0.15, 0.2) is 5.96 Å². The second kappa shape index (κ2) is 32.5. The van der Waals surface area contributed by atoms with Crippen molar-refractivity contribution in [1.29, 1.82) is 0 Å². The minimum Gasteiger partial charge on any atom is -0.480 e. The molecule has 0 radical (unpaired) electrons.